The lowest BCUT2D eigenvalue weighted by Crippen LogP contribution is -2.42. The fourth-order valence-electron chi connectivity index (χ4n) is 1.72. The summed E-state index contributed by atoms with van der Waals surface area (Å²) in [7, 11) is 1.79. The molecule has 0 bridgehead atoms. The molecule has 0 amide bonds. The van der Waals surface area contributed by atoms with Gasteiger partial charge in [-0.25, -0.2) is 0 Å². The first-order chi connectivity index (χ1) is 9.63. The fraction of sp³-hybridized carbons (Fsp3) is 0.867. The Labute approximate surface area is 123 Å². The van der Waals surface area contributed by atoms with Crippen LogP contribution in [0.3, 0.4) is 0 Å². The quantitative estimate of drug-likeness (QED) is 0.280. The molecule has 0 aromatic rings. The van der Waals surface area contributed by atoms with Gasteiger partial charge in [-0.15, -0.1) is 0 Å². The minimum Gasteiger partial charge on any atom is -0.466 e. The van der Waals surface area contributed by atoms with Crippen molar-refractivity contribution < 1.29 is 9.53 Å². The van der Waals surface area contributed by atoms with Crippen molar-refractivity contribution in [3.63, 3.8) is 0 Å². The maximum Gasteiger partial charge on any atom is 0.305 e. The van der Waals surface area contributed by atoms with Gasteiger partial charge in [-0.1, -0.05) is 19.8 Å². The smallest absolute Gasteiger partial charge is 0.305 e. The summed E-state index contributed by atoms with van der Waals surface area (Å²) < 4.78 is 4.89. The van der Waals surface area contributed by atoms with Crippen molar-refractivity contribution in [3.05, 3.63) is 0 Å². The molecule has 20 heavy (non-hydrogen) atoms. The van der Waals surface area contributed by atoms with Gasteiger partial charge < -0.3 is 15.4 Å². The Morgan fingerprint density at radius 2 is 1.90 bits per heavy atom. The van der Waals surface area contributed by atoms with Crippen molar-refractivity contribution in [1.29, 1.82) is 0 Å². The molecule has 0 saturated heterocycles. The Morgan fingerprint density at radius 1 is 1.20 bits per heavy atom. The number of nitrogens with one attached hydrogen (secondary N) is 2. The summed E-state index contributed by atoms with van der Waals surface area (Å²) in [6.07, 6.45) is 5.81. The van der Waals surface area contributed by atoms with Gasteiger partial charge in [-0.3, -0.25) is 9.79 Å². The molecule has 0 aromatic carbocycles. The number of rotatable bonds is 10. The minimum absolute atomic E-state index is 0.0798. The molecule has 0 rings (SSSR count). The van der Waals surface area contributed by atoms with E-state index in [1.54, 1.807) is 7.05 Å². The summed E-state index contributed by atoms with van der Waals surface area (Å²) in [5.74, 6) is 0.787. The lowest BCUT2D eigenvalue weighted by molar-refractivity contribution is -0.143. The van der Waals surface area contributed by atoms with Crippen molar-refractivity contribution in [3.8, 4) is 0 Å². The Morgan fingerprint density at radius 3 is 2.50 bits per heavy atom. The van der Waals surface area contributed by atoms with Gasteiger partial charge in [-0.2, -0.15) is 0 Å². The van der Waals surface area contributed by atoms with E-state index in [1.807, 2.05) is 6.92 Å². The molecular formula is C15H31N3O2. The Bertz CT molecular complexity index is 280. The number of esters is 1. The van der Waals surface area contributed by atoms with Crippen LogP contribution in [-0.2, 0) is 9.53 Å². The highest BCUT2D eigenvalue weighted by atomic mass is 16.5. The molecule has 5 heteroatoms. The molecule has 0 aromatic heterocycles. The molecule has 5 nitrogen and oxygen atoms in total. The zero-order chi connectivity index (χ0) is 15.2. The summed E-state index contributed by atoms with van der Waals surface area (Å²) in [6, 6.07) is 0.436. The first-order valence-corrected chi connectivity index (χ1v) is 7.76. The third-order valence-corrected chi connectivity index (χ3v) is 3.12. The number of carbonyl (C=O) groups excluding carboxylic acids is 1. The maximum atomic E-state index is 11.1. The summed E-state index contributed by atoms with van der Waals surface area (Å²) in [5.41, 5.74) is 0. The maximum absolute atomic E-state index is 11.1. The second-order valence-corrected chi connectivity index (χ2v) is 4.92. The number of ether oxygens (including phenoxy) is 1. The van der Waals surface area contributed by atoms with Crippen molar-refractivity contribution in [2.45, 2.75) is 65.3 Å². The van der Waals surface area contributed by atoms with E-state index in [4.69, 9.17) is 4.74 Å². The van der Waals surface area contributed by atoms with Crippen LogP contribution in [0.2, 0.25) is 0 Å². The molecule has 0 aliphatic heterocycles. The third-order valence-electron chi connectivity index (χ3n) is 3.12. The van der Waals surface area contributed by atoms with E-state index in [2.05, 4.69) is 29.5 Å². The molecule has 0 aliphatic rings. The van der Waals surface area contributed by atoms with Crippen molar-refractivity contribution in [2.24, 2.45) is 4.99 Å². The second kappa shape index (κ2) is 12.8. The Hall–Kier alpha value is -1.26. The van der Waals surface area contributed by atoms with Gasteiger partial charge in [0.25, 0.3) is 0 Å². The average molecular weight is 285 g/mol. The van der Waals surface area contributed by atoms with E-state index in [-0.39, 0.29) is 5.97 Å². The molecule has 2 N–H and O–H groups in total. The first-order valence-electron chi connectivity index (χ1n) is 7.76. The summed E-state index contributed by atoms with van der Waals surface area (Å²) in [6.45, 7) is 7.52. The number of unbranched alkanes of at least 4 members (excludes halogenated alkanes) is 3. The first kappa shape index (κ1) is 18.7. The van der Waals surface area contributed by atoms with E-state index in [1.165, 1.54) is 0 Å². The molecular weight excluding hydrogens is 254 g/mol. The highest BCUT2D eigenvalue weighted by Gasteiger charge is 2.02. The number of carbonyl (C=O) groups is 1. The number of guanidine groups is 1. The fourth-order valence-corrected chi connectivity index (χ4v) is 1.72. The van der Waals surface area contributed by atoms with Gasteiger partial charge >= 0.3 is 5.97 Å². The van der Waals surface area contributed by atoms with Crippen LogP contribution in [-0.4, -0.2) is 38.2 Å². The van der Waals surface area contributed by atoms with E-state index < -0.39 is 0 Å². The predicted molar refractivity (Wildman–Crippen MR) is 84.0 cm³/mol. The van der Waals surface area contributed by atoms with E-state index in [0.29, 0.717) is 19.1 Å². The summed E-state index contributed by atoms with van der Waals surface area (Å²) >= 11 is 0. The standard InChI is InChI=1S/C15H31N3O2/c1-5-13(3)18-15(16-4)17-12-10-8-7-9-11-14(19)20-6-2/h13H,5-12H2,1-4H3,(H2,16,17,18). The highest BCUT2D eigenvalue weighted by molar-refractivity contribution is 5.79. The zero-order valence-corrected chi connectivity index (χ0v) is 13.5. The molecule has 0 radical (unpaired) electrons. The Balaban J connectivity index is 3.49. The van der Waals surface area contributed by atoms with Crippen LogP contribution in [0.25, 0.3) is 0 Å². The van der Waals surface area contributed by atoms with Crippen LogP contribution >= 0.6 is 0 Å². The van der Waals surface area contributed by atoms with Crippen LogP contribution < -0.4 is 10.6 Å². The number of hydrogen-bond acceptors (Lipinski definition) is 3. The monoisotopic (exact) mass is 285 g/mol. The Kier molecular flexibility index (Phi) is 12.0. The minimum atomic E-state index is -0.0798. The number of aliphatic imine (C=N–C) groups is 1. The second-order valence-electron chi connectivity index (χ2n) is 4.92. The van der Waals surface area contributed by atoms with Crippen molar-refractivity contribution in [1.82, 2.24) is 10.6 Å². The predicted octanol–water partition coefficient (Wildman–Crippen LogP) is 2.46. The van der Waals surface area contributed by atoms with Crippen LogP contribution in [0.4, 0.5) is 0 Å². The van der Waals surface area contributed by atoms with Crippen molar-refractivity contribution >= 4 is 11.9 Å². The highest BCUT2D eigenvalue weighted by Crippen LogP contribution is 2.03. The molecule has 1 atom stereocenters. The average Bonchev–Trinajstić information content (AvgIpc) is 2.44. The van der Waals surface area contributed by atoms with Crippen LogP contribution in [0.5, 0.6) is 0 Å². The van der Waals surface area contributed by atoms with E-state index in [9.17, 15) is 4.79 Å². The molecule has 0 spiro atoms. The van der Waals surface area contributed by atoms with E-state index >= 15 is 0 Å². The lowest BCUT2D eigenvalue weighted by atomic mass is 10.1. The molecule has 0 saturated carbocycles. The lowest BCUT2D eigenvalue weighted by Gasteiger charge is -2.16. The van der Waals surface area contributed by atoms with Gasteiger partial charge in [0.15, 0.2) is 5.96 Å². The van der Waals surface area contributed by atoms with Gasteiger partial charge in [0.1, 0.15) is 0 Å². The largest absolute Gasteiger partial charge is 0.466 e. The van der Waals surface area contributed by atoms with Crippen LogP contribution in [0.1, 0.15) is 59.3 Å². The molecule has 1 unspecified atom stereocenters. The SMILES string of the molecule is CCOC(=O)CCCCCCNC(=NC)NC(C)CC. The van der Waals surface area contributed by atoms with Gasteiger partial charge in [0.2, 0.25) is 0 Å². The third kappa shape index (κ3) is 10.6. The molecule has 0 heterocycles. The van der Waals surface area contributed by atoms with Gasteiger partial charge in [0, 0.05) is 26.1 Å². The summed E-state index contributed by atoms with van der Waals surface area (Å²) in [5, 5.41) is 6.63. The summed E-state index contributed by atoms with van der Waals surface area (Å²) in [4.78, 5) is 15.3. The van der Waals surface area contributed by atoms with Crippen LogP contribution in [0.15, 0.2) is 4.99 Å². The van der Waals surface area contributed by atoms with Crippen LogP contribution in [0, 0.1) is 0 Å². The van der Waals surface area contributed by atoms with Gasteiger partial charge in [0.05, 0.1) is 6.61 Å². The molecule has 118 valence electrons. The zero-order valence-electron chi connectivity index (χ0n) is 13.5. The van der Waals surface area contributed by atoms with E-state index in [0.717, 1.165) is 44.6 Å². The van der Waals surface area contributed by atoms with Gasteiger partial charge in [-0.05, 0) is 33.1 Å². The number of nitrogens with zero attached hydrogens (tertiary/aromatic N) is 1. The molecule has 0 fully saturated rings. The molecule has 0 aliphatic carbocycles. The van der Waals surface area contributed by atoms with Crippen molar-refractivity contribution in [2.75, 3.05) is 20.2 Å². The normalized spacial score (nSPS) is 12.9. The number of hydrogen-bond donors (Lipinski definition) is 2. The topological polar surface area (TPSA) is 62.7 Å².